The van der Waals surface area contributed by atoms with Crippen molar-refractivity contribution in [1.29, 1.82) is 0 Å². The zero-order valence-electron chi connectivity index (χ0n) is 13.4. The molecule has 2 amide bonds. The number of amides is 2. The minimum Gasteiger partial charge on any atom is -0.344 e. The maximum absolute atomic E-state index is 12.3. The Kier molecular flexibility index (Phi) is 5.88. The summed E-state index contributed by atoms with van der Waals surface area (Å²) in [5.41, 5.74) is 0. The number of carbonyl (C=O) groups excluding carboxylic acids is 2. The van der Waals surface area contributed by atoms with E-state index >= 15 is 0 Å². The van der Waals surface area contributed by atoms with E-state index in [0.29, 0.717) is 11.0 Å². The molecule has 6 nitrogen and oxygen atoms in total. The highest BCUT2D eigenvalue weighted by Gasteiger charge is 2.25. The first-order valence-corrected chi connectivity index (χ1v) is 8.70. The first-order chi connectivity index (χ1) is 10.5. The van der Waals surface area contributed by atoms with Crippen LogP contribution >= 0.6 is 11.3 Å². The summed E-state index contributed by atoms with van der Waals surface area (Å²) in [4.78, 5) is 23.5. The Labute approximate surface area is 135 Å². The van der Waals surface area contributed by atoms with E-state index in [4.69, 9.17) is 0 Å². The Morgan fingerprint density at radius 3 is 2.45 bits per heavy atom. The van der Waals surface area contributed by atoms with Crippen LogP contribution in [0.2, 0.25) is 0 Å². The summed E-state index contributed by atoms with van der Waals surface area (Å²) >= 11 is 1.45. The van der Waals surface area contributed by atoms with Gasteiger partial charge < -0.3 is 5.32 Å². The van der Waals surface area contributed by atoms with Gasteiger partial charge in [-0.3, -0.25) is 14.9 Å². The molecule has 1 heterocycles. The van der Waals surface area contributed by atoms with Crippen LogP contribution in [0.15, 0.2) is 0 Å². The maximum Gasteiger partial charge on any atom is 0.249 e. The molecular formula is C15H24N4O2S. The highest BCUT2D eigenvalue weighted by atomic mass is 32.1. The van der Waals surface area contributed by atoms with Gasteiger partial charge in [0.25, 0.3) is 0 Å². The van der Waals surface area contributed by atoms with E-state index in [2.05, 4.69) is 20.8 Å². The lowest BCUT2D eigenvalue weighted by molar-refractivity contribution is -0.126. The SMILES string of the molecule is CC(=O)NC(C(=O)Nc1nnc(C2CCCCC2)s1)C(C)C. The molecule has 22 heavy (non-hydrogen) atoms. The summed E-state index contributed by atoms with van der Waals surface area (Å²) in [5.74, 6) is 0.0355. The number of nitrogens with one attached hydrogen (secondary N) is 2. The van der Waals surface area contributed by atoms with Crippen LogP contribution in [0.1, 0.15) is 63.8 Å². The van der Waals surface area contributed by atoms with Crippen molar-refractivity contribution in [3.05, 3.63) is 5.01 Å². The van der Waals surface area contributed by atoms with Crippen molar-refractivity contribution in [2.45, 2.75) is 64.8 Å². The van der Waals surface area contributed by atoms with Crippen LogP contribution in [-0.2, 0) is 9.59 Å². The zero-order chi connectivity index (χ0) is 16.1. The van der Waals surface area contributed by atoms with Crippen LogP contribution < -0.4 is 10.6 Å². The second kappa shape index (κ2) is 7.67. The lowest BCUT2D eigenvalue weighted by atomic mass is 9.90. The van der Waals surface area contributed by atoms with E-state index in [-0.39, 0.29) is 17.7 Å². The summed E-state index contributed by atoms with van der Waals surface area (Å²) in [5, 5.41) is 15.3. The van der Waals surface area contributed by atoms with Gasteiger partial charge in [-0.25, -0.2) is 0 Å². The summed E-state index contributed by atoms with van der Waals surface area (Å²) in [6, 6.07) is -0.556. The molecule has 0 spiro atoms. The Morgan fingerprint density at radius 2 is 1.86 bits per heavy atom. The number of hydrogen-bond donors (Lipinski definition) is 2. The molecule has 1 fully saturated rings. The van der Waals surface area contributed by atoms with Crippen molar-refractivity contribution in [3.63, 3.8) is 0 Å². The van der Waals surface area contributed by atoms with E-state index < -0.39 is 6.04 Å². The molecule has 2 rings (SSSR count). The van der Waals surface area contributed by atoms with E-state index in [0.717, 1.165) is 17.8 Å². The maximum atomic E-state index is 12.3. The zero-order valence-corrected chi connectivity index (χ0v) is 14.2. The van der Waals surface area contributed by atoms with Crippen molar-refractivity contribution in [2.24, 2.45) is 5.92 Å². The standard InChI is InChI=1S/C15H24N4O2S/c1-9(2)12(16-10(3)20)13(21)17-15-19-18-14(22-15)11-7-5-4-6-8-11/h9,11-12H,4-8H2,1-3H3,(H,16,20)(H,17,19,21). The van der Waals surface area contributed by atoms with Gasteiger partial charge in [0.2, 0.25) is 16.9 Å². The van der Waals surface area contributed by atoms with Gasteiger partial charge in [0.1, 0.15) is 11.0 Å². The number of carbonyl (C=O) groups is 2. The largest absolute Gasteiger partial charge is 0.344 e. The van der Waals surface area contributed by atoms with Gasteiger partial charge in [-0.15, -0.1) is 10.2 Å². The molecule has 2 N–H and O–H groups in total. The van der Waals surface area contributed by atoms with Crippen molar-refractivity contribution < 1.29 is 9.59 Å². The van der Waals surface area contributed by atoms with Crippen LogP contribution in [-0.4, -0.2) is 28.1 Å². The van der Waals surface area contributed by atoms with Crippen molar-refractivity contribution in [2.75, 3.05) is 5.32 Å². The fourth-order valence-electron chi connectivity index (χ4n) is 2.74. The van der Waals surface area contributed by atoms with E-state index in [1.54, 1.807) is 0 Å². The van der Waals surface area contributed by atoms with Crippen LogP contribution in [0.3, 0.4) is 0 Å². The van der Waals surface area contributed by atoms with E-state index in [1.807, 2.05) is 13.8 Å². The Bertz CT molecular complexity index is 523. The average Bonchev–Trinajstić information content (AvgIpc) is 2.93. The Balaban J connectivity index is 1.98. The minimum absolute atomic E-state index is 0.00892. The first-order valence-electron chi connectivity index (χ1n) is 7.88. The van der Waals surface area contributed by atoms with Gasteiger partial charge >= 0.3 is 0 Å². The second-order valence-corrected chi connectivity index (χ2v) is 7.20. The Morgan fingerprint density at radius 1 is 1.18 bits per heavy atom. The van der Waals surface area contributed by atoms with E-state index in [1.165, 1.54) is 37.5 Å². The van der Waals surface area contributed by atoms with Crippen molar-refractivity contribution in [3.8, 4) is 0 Å². The van der Waals surface area contributed by atoms with E-state index in [9.17, 15) is 9.59 Å². The molecule has 0 aromatic carbocycles. The number of anilines is 1. The molecule has 1 aliphatic carbocycles. The summed E-state index contributed by atoms with van der Waals surface area (Å²) in [6.07, 6.45) is 6.09. The summed E-state index contributed by atoms with van der Waals surface area (Å²) < 4.78 is 0. The average molecular weight is 324 g/mol. The number of rotatable bonds is 5. The molecular weight excluding hydrogens is 300 g/mol. The minimum atomic E-state index is -0.556. The number of aromatic nitrogens is 2. The van der Waals surface area contributed by atoms with Crippen LogP contribution in [0.4, 0.5) is 5.13 Å². The second-order valence-electron chi connectivity index (χ2n) is 6.19. The fourth-order valence-corrected chi connectivity index (χ4v) is 3.65. The van der Waals surface area contributed by atoms with Gasteiger partial charge in [0, 0.05) is 12.8 Å². The van der Waals surface area contributed by atoms with Gasteiger partial charge in [0.05, 0.1) is 0 Å². The van der Waals surface area contributed by atoms with Crippen LogP contribution in [0, 0.1) is 5.92 Å². The van der Waals surface area contributed by atoms with Gasteiger partial charge in [-0.2, -0.15) is 0 Å². The smallest absolute Gasteiger partial charge is 0.249 e. The first kappa shape index (κ1) is 16.9. The molecule has 122 valence electrons. The highest BCUT2D eigenvalue weighted by Crippen LogP contribution is 2.35. The number of hydrogen-bond acceptors (Lipinski definition) is 5. The lowest BCUT2D eigenvalue weighted by Gasteiger charge is -2.20. The fraction of sp³-hybridized carbons (Fsp3) is 0.733. The summed E-state index contributed by atoms with van der Waals surface area (Å²) in [7, 11) is 0. The molecule has 1 unspecified atom stereocenters. The summed E-state index contributed by atoms with van der Waals surface area (Å²) in [6.45, 7) is 5.20. The topological polar surface area (TPSA) is 84.0 Å². The Hall–Kier alpha value is -1.50. The molecule has 0 bridgehead atoms. The molecule has 1 aromatic heterocycles. The molecule has 0 saturated heterocycles. The predicted molar refractivity (Wildman–Crippen MR) is 86.8 cm³/mol. The third-order valence-corrected chi connectivity index (χ3v) is 4.93. The number of nitrogens with zero attached hydrogens (tertiary/aromatic N) is 2. The lowest BCUT2D eigenvalue weighted by Crippen LogP contribution is -2.46. The molecule has 0 aliphatic heterocycles. The molecule has 1 atom stereocenters. The molecule has 0 radical (unpaired) electrons. The third-order valence-electron chi connectivity index (χ3n) is 3.93. The molecule has 1 saturated carbocycles. The normalized spacial score (nSPS) is 17.3. The predicted octanol–water partition coefficient (Wildman–Crippen LogP) is 2.69. The van der Waals surface area contributed by atoms with Gasteiger partial charge in [-0.05, 0) is 18.8 Å². The third kappa shape index (κ3) is 4.50. The quantitative estimate of drug-likeness (QED) is 0.872. The molecule has 1 aliphatic rings. The highest BCUT2D eigenvalue weighted by molar-refractivity contribution is 7.15. The monoisotopic (exact) mass is 324 g/mol. The molecule has 7 heteroatoms. The van der Waals surface area contributed by atoms with Crippen molar-refractivity contribution >= 4 is 28.3 Å². The van der Waals surface area contributed by atoms with Gasteiger partial charge in [0.15, 0.2) is 0 Å². The van der Waals surface area contributed by atoms with Crippen molar-refractivity contribution in [1.82, 2.24) is 15.5 Å². The van der Waals surface area contributed by atoms with Crippen LogP contribution in [0.25, 0.3) is 0 Å². The molecule has 1 aromatic rings. The van der Waals surface area contributed by atoms with Gasteiger partial charge in [-0.1, -0.05) is 44.4 Å². The van der Waals surface area contributed by atoms with Crippen LogP contribution in [0.5, 0.6) is 0 Å².